The lowest BCUT2D eigenvalue weighted by Gasteiger charge is -2.14. The quantitative estimate of drug-likeness (QED) is 0.879. The van der Waals surface area contributed by atoms with Gasteiger partial charge in [0.15, 0.2) is 0 Å². The second-order valence-electron chi connectivity index (χ2n) is 3.59. The van der Waals surface area contributed by atoms with Crippen molar-refractivity contribution < 1.29 is 18.0 Å². The predicted octanol–water partition coefficient (Wildman–Crippen LogP) is 2.67. The van der Waals surface area contributed by atoms with Crippen molar-refractivity contribution in [1.82, 2.24) is 5.32 Å². The molecule has 0 bridgehead atoms. The number of nitrogens with one attached hydrogen (secondary N) is 1. The van der Waals surface area contributed by atoms with Crippen molar-refractivity contribution in [3.63, 3.8) is 0 Å². The molecule has 1 aromatic rings. The maximum Gasteiger partial charge on any atom is 0.471 e. The number of hydrogen-bond donors (Lipinski definition) is 1. The SMILES string of the molecule is Cc1ccc(CC(C)NC(=O)C(F)(F)F)s1. The van der Waals surface area contributed by atoms with Gasteiger partial charge in [-0.2, -0.15) is 13.2 Å². The van der Waals surface area contributed by atoms with E-state index in [-0.39, 0.29) is 0 Å². The van der Waals surface area contributed by atoms with E-state index in [1.807, 2.05) is 24.4 Å². The molecule has 1 amide bonds. The molecule has 2 nitrogen and oxygen atoms in total. The van der Waals surface area contributed by atoms with Crippen LogP contribution in [0.2, 0.25) is 0 Å². The van der Waals surface area contributed by atoms with Crippen LogP contribution in [0.15, 0.2) is 12.1 Å². The molecule has 16 heavy (non-hydrogen) atoms. The molecular weight excluding hydrogens is 239 g/mol. The predicted molar refractivity (Wildman–Crippen MR) is 56.4 cm³/mol. The first-order valence-electron chi connectivity index (χ1n) is 4.72. The highest BCUT2D eigenvalue weighted by Crippen LogP contribution is 2.18. The maximum absolute atomic E-state index is 11.9. The first kappa shape index (κ1) is 13.0. The van der Waals surface area contributed by atoms with Gasteiger partial charge >= 0.3 is 12.1 Å². The van der Waals surface area contributed by atoms with Crippen molar-refractivity contribution in [3.05, 3.63) is 21.9 Å². The molecule has 0 aliphatic carbocycles. The van der Waals surface area contributed by atoms with Gasteiger partial charge in [0.25, 0.3) is 0 Å². The van der Waals surface area contributed by atoms with Crippen molar-refractivity contribution in [3.8, 4) is 0 Å². The summed E-state index contributed by atoms with van der Waals surface area (Å²) in [5.41, 5.74) is 0. The van der Waals surface area contributed by atoms with Crippen molar-refractivity contribution in [2.24, 2.45) is 0 Å². The van der Waals surface area contributed by atoms with Crippen LogP contribution in [-0.4, -0.2) is 18.1 Å². The van der Waals surface area contributed by atoms with Gasteiger partial charge in [0.05, 0.1) is 0 Å². The van der Waals surface area contributed by atoms with Crippen molar-refractivity contribution >= 4 is 17.2 Å². The van der Waals surface area contributed by atoms with Crippen LogP contribution in [0.1, 0.15) is 16.7 Å². The number of rotatable bonds is 3. The fourth-order valence-electron chi connectivity index (χ4n) is 1.25. The third kappa shape index (κ3) is 3.84. The Balaban J connectivity index is 2.48. The van der Waals surface area contributed by atoms with E-state index >= 15 is 0 Å². The lowest BCUT2D eigenvalue weighted by molar-refractivity contribution is -0.174. The average molecular weight is 251 g/mol. The van der Waals surface area contributed by atoms with Crippen LogP contribution in [-0.2, 0) is 11.2 Å². The average Bonchev–Trinajstić information content (AvgIpc) is 2.49. The van der Waals surface area contributed by atoms with Gasteiger partial charge in [-0.15, -0.1) is 11.3 Å². The zero-order valence-corrected chi connectivity index (χ0v) is 9.71. The summed E-state index contributed by atoms with van der Waals surface area (Å²) in [7, 11) is 0. The molecule has 0 aliphatic rings. The Kier molecular flexibility index (Phi) is 3.96. The monoisotopic (exact) mass is 251 g/mol. The standard InChI is InChI=1S/C10H12F3NOS/c1-6(14-9(15)10(11,12)13)5-8-4-3-7(2)16-8/h3-4,6H,5H2,1-2H3,(H,14,15). The lowest BCUT2D eigenvalue weighted by atomic mass is 10.2. The van der Waals surface area contributed by atoms with Crippen LogP contribution in [0.4, 0.5) is 13.2 Å². The molecule has 6 heteroatoms. The van der Waals surface area contributed by atoms with E-state index in [1.54, 1.807) is 6.92 Å². The van der Waals surface area contributed by atoms with Gasteiger partial charge < -0.3 is 5.32 Å². The molecule has 1 rings (SSSR count). The molecule has 0 saturated heterocycles. The summed E-state index contributed by atoms with van der Waals surface area (Å²) < 4.78 is 35.8. The number of amides is 1. The van der Waals surface area contributed by atoms with Gasteiger partial charge in [0.2, 0.25) is 0 Å². The summed E-state index contributed by atoms with van der Waals surface area (Å²) in [4.78, 5) is 12.7. The molecule has 1 N–H and O–H groups in total. The number of aryl methyl sites for hydroxylation is 1. The Hall–Kier alpha value is -1.04. The smallest absolute Gasteiger partial charge is 0.345 e. The molecular formula is C10H12F3NOS. The van der Waals surface area contributed by atoms with Crippen molar-refractivity contribution in [1.29, 1.82) is 0 Å². The lowest BCUT2D eigenvalue weighted by Crippen LogP contribution is -2.42. The molecule has 0 spiro atoms. The second-order valence-corrected chi connectivity index (χ2v) is 4.96. The molecule has 1 aromatic heterocycles. The summed E-state index contributed by atoms with van der Waals surface area (Å²) in [6.07, 6.45) is -4.39. The number of halogens is 3. The molecule has 1 heterocycles. The van der Waals surface area contributed by atoms with Gasteiger partial charge in [-0.25, -0.2) is 0 Å². The highest BCUT2D eigenvalue weighted by molar-refractivity contribution is 7.11. The van der Waals surface area contributed by atoms with Gasteiger partial charge in [-0.3, -0.25) is 4.79 Å². The van der Waals surface area contributed by atoms with Crippen LogP contribution < -0.4 is 5.32 Å². The molecule has 1 atom stereocenters. The fourth-order valence-corrected chi connectivity index (χ4v) is 2.27. The first-order valence-corrected chi connectivity index (χ1v) is 5.53. The number of thiophene rings is 1. The minimum absolute atomic E-state index is 0.417. The van der Waals surface area contributed by atoms with E-state index in [0.717, 1.165) is 9.75 Å². The van der Waals surface area contributed by atoms with Gasteiger partial charge in [0.1, 0.15) is 0 Å². The molecule has 0 radical (unpaired) electrons. The first-order chi connectivity index (χ1) is 7.29. The summed E-state index contributed by atoms with van der Waals surface area (Å²) in [6.45, 7) is 3.48. The Morgan fingerprint density at radius 1 is 1.50 bits per heavy atom. The largest absolute Gasteiger partial charge is 0.471 e. The molecule has 1 unspecified atom stereocenters. The van der Waals surface area contributed by atoms with E-state index in [1.165, 1.54) is 11.3 Å². The highest BCUT2D eigenvalue weighted by atomic mass is 32.1. The van der Waals surface area contributed by atoms with Gasteiger partial charge in [0, 0.05) is 22.2 Å². The second kappa shape index (κ2) is 4.86. The third-order valence-corrected chi connectivity index (χ3v) is 2.96. The van der Waals surface area contributed by atoms with E-state index < -0.39 is 18.1 Å². The van der Waals surface area contributed by atoms with Crippen LogP contribution in [0.5, 0.6) is 0 Å². The van der Waals surface area contributed by atoms with Crippen LogP contribution in [0.25, 0.3) is 0 Å². The van der Waals surface area contributed by atoms with Crippen molar-refractivity contribution in [2.75, 3.05) is 0 Å². The van der Waals surface area contributed by atoms with Crippen LogP contribution in [0.3, 0.4) is 0 Å². The van der Waals surface area contributed by atoms with Crippen LogP contribution in [0, 0.1) is 6.92 Å². The molecule has 0 saturated carbocycles. The van der Waals surface area contributed by atoms with E-state index in [2.05, 4.69) is 0 Å². The van der Waals surface area contributed by atoms with E-state index in [0.29, 0.717) is 6.42 Å². The summed E-state index contributed by atoms with van der Waals surface area (Å²) in [6, 6.07) is 3.24. The van der Waals surface area contributed by atoms with Gasteiger partial charge in [-0.1, -0.05) is 0 Å². The Bertz CT molecular complexity index is 372. The highest BCUT2D eigenvalue weighted by Gasteiger charge is 2.39. The number of carbonyl (C=O) groups is 1. The minimum Gasteiger partial charge on any atom is -0.345 e. The minimum atomic E-state index is -4.81. The normalized spacial score (nSPS) is 13.6. The van der Waals surface area contributed by atoms with Gasteiger partial charge in [-0.05, 0) is 26.0 Å². The Morgan fingerprint density at radius 2 is 2.12 bits per heavy atom. The van der Waals surface area contributed by atoms with Crippen LogP contribution >= 0.6 is 11.3 Å². The zero-order valence-electron chi connectivity index (χ0n) is 8.89. The zero-order chi connectivity index (χ0) is 12.3. The molecule has 0 aromatic carbocycles. The summed E-state index contributed by atoms with van der Waals surface area (Å²) >= 11 is 1.52. The van der Waals surface area contributed by atoms with E-state index in [9.17, 15) is 18.0 Å². The third-order valence-electron chi connectivity index (χ3n) is 1.94. The maximum atomic E-state index is 11.9. The summed E-state index contributed by atoms with van der Waals surface area (Å²) in [5.74, 6) is -1.88. The summed E-state index contributed by atoms with van der Waals surface area (Å²) in [5, 5.41) is 1.92. The Labute approximate surface area is 95.5 Å². The molecule has 90 valence electrons. The fraction of sp³-hybridized carbons (Fsp3) is 0.500. The Morgan fingerprint density at radius 3 is 2.56 bits per heavy atom. The number of hydrogen-bond acceptors (Lipinski definition) is 2. The number of alkyl halides is 3. The number of carbonyl (C=O) groups excluding carboxylic acids is 1. The van der Waals surface area contributed by atoms with E-state index in [4.69, 9.17) is 0 Å². The molecule has 0 fully saturated rings. The van der Waals surface area contributed by atoms with Crippen molar-refractivity contribution in [2.45, 2.75) is 32.5 Å². The molecule has 0 aliphatic heterocycles. The topological polar surface area (TPSA) is 29.1 Å².